The zero-order chi connectivity index (χ0) is 11.6. The van der Waals surface area contributed by atoms with Gasteiger partial charge in [-0.1, -0.05) is 0 Å². The number of aryl methyl sites for hydroxylation is 1. The van der Waals surface area contributed by atoms with Crippen LogP contribution in [0.2, 0.25) is 0 Å². The molecule has 0 spiro atoms. The lowest BCUT2D eigenvalue weighted by Crippen LogP contribution is -2.12. The Balaban J connectivity index is 2.84. The molecule has 15 heavy (non-hydrogen) atoms. The molecule has 0 aliphatic carbocycles. The summed E-state index contributed by atoms with van der Waals surface area (Å²) in [5.41, 5.74) is -0.0958. The fourth-order valence-electron chi connectivity index (χ4n) is 1.20. The summed E-state index contributed by atoms with van der Waals surface area (Å²) in [6.45, 7) is 0. The van der Waals surface area contributed by atoms with Crippen molar-refractivity contribution < 1.29 is 23.1 Å². The summed E-state index contributed by atoms with van der Waals surface area (Å²) in [7, 11) is 1.41. The van der Waals surface area contributed by atoms with E-state index in [4.69, 9.17) is 5.11 Å². The topological polar surface area (TPSA) is 55.1 Å². The van der Waals surface area contributed by atoms with E-state index in [0.29, 0.717) is 0 Å². The van der Waals surface area contributed by atoms with Crippen molar-refractivity contribution in [1.29, 1.82) is 0 Å². The van der Waals surface area contributed by atoms with E-state index < -0.39 is 18.6 Å². The van der Waals surface area contributed by atoms with Crippen LogP contribution >= 0.6 is 0 Å². The van der Waals surface area contributed by atoms with Crippen LogP contribution in [0.4, 0.5) is 13.2 Å². The van der Waals surface area contributed by atoms with Crippen LogP contribution in [-0.4, -0.2) is 27.0 Å². The Hall–Kier alpha value is -1.53. The molecule has 0 saturated heterocycles. The first kappa shape index (κ1) is 11.5. The molecule has 0 aliphatic heterocycles. The van der Waals surface area contributed by atoms with Crippen LogP contribution in [0.1, 0.15) is 22.5 Å². The Morgan fingerprint density at radius 1 is 1.60 bits per heavy atom. The molecule has 0 amide bonds. The van der Waals surface area contributed by atoms with Gasteiger partial charge in [-0.25, -0.2) is 4.79 Å². The largest absolute Gasteiger partial charge is 0.478 e. The number of carboxylic acids is 1. The minimum absolute atomic E-state index is 0.0832. The molecule has 0 radical (unpaired) electrons. The molecule has 0 fully saturated rings. The Morgan fingerprint density at radius 2 is 2.20 bits per heavy atom. The quantitative estimate of drug-likeness (QED) is 0.845. The van der Waals surface area contributed by atoms with Crippen molar-refractivity contribution in [2.45, 2.75) is 19.0 Å². The summed E-state index contributed by atoms with van der Waals surface area (Å²) in [6.07, 6.45) is -4.66. The molecule has 1 aromatic heterocycles. The van der Waals surface area contributed by atoms with Crippen molar-refractivity contribution in [3.8, 4) is 0 Å². The van der Waals surface area contributed by atoms with Gasteiger partial charge in [-0.3, -0.25) is 4.68 Å². The van der Waals surface area contributed by atoms with Crippen LogP contribution in [0.25, 0.3) is 0 Å². The maximum absolute atomic E-state index is 11.9. The van der Waals surface area contributed by atoms with Gasteiger partial charge in [0.2, 0.25) is 0 Å². The minimum Gasteiger partial charge on any atom is -0.478 e. The van der Waals surface area contributed by atoms with E-state index in [2.05, 4.69) is 5.10 Å². The zero-order valence-electron chi connectivity index (χ0n) is 7.88. The molecular weight excluding hydrogens is 213 g/mol. The first-order chi connectivity index (χ1) is 6.81. The van der Waals surface area contributed by atoms with Crippen molar-refractivity contribution in [1.82, 2.24) is 9.78 Å². The average Bonchev–Trinajstić information content (AvgIpc) is 2.42. The number of hydrogen-bond donors (Lipinski definition) is 1. The number of nitrogens with zero attached hydrogens (tertiary/aromatic N) is 2. The van der Waals surface area contributed by atoms with Crippen molar-refractivity contribution in [3.63, 3.8) is 0 Å². The van der Waals surface area contributed by atoms with Crippen LogP contribution in [0.15, 0.2) is 6.20 Å². The summed E-state index contributed by atoms with van der Waals surface area (Å²) < 4.78 is 37.0. The lowest BCUT2D eigenvalue weighted by molar-refractivity contribution is -0.134. The van der Waals surface area contributed by atoms with E-state index in [-0.39, 0.29) is 17.7 Å². The Labute approximate surface area is 83.3 Å². The summed E-state index contributed by atoms with van der Waals surface area (Å²) in [5, 5.41) is 12.3. The lowest BCUT2D eigenvalue weighted by atomic mass is 10.1. The molecule has 84 valence electrons. The van der Waals surface area contributed by atoms with Gasteiger partial charge in [-0.2, -0.15) is 18.3 Å². The molecule has 1 rings (SSSR count). The third-order valence-corrected chi connectivity index (χ3v) is 1.94. The number of halogens is 3. The molecule has 0 atom stereocenters. The van der Waals surface area contributed by atoms with Crippen LogP contribution in [-0.2, 0) is 13.5 Å². The molecule has 7 heteroatoms. The maximum atomic E-state index is 11.9. The first-order valence-electron chi connectivity index (χ1n) is 4.12. The fourth-order valence-corrected chi connectivity index (χ4v) is 1.20. The molecule has 0 unspecified atom stereocenters. The normalized spacial score (nSPS) is 11.7. The lowest BCUT2D eigenvalue weighted by Gasteiger charge is -2.07. The highest BCUT2D eigenvalue weighted by Crippen LogP contribution is 2.23. The number of carbonyl (C=O) groups is 1. The number of rotatable bonds is 3. The predicted molar refractivity (Wildman–Crippen MR) is 44.5 cm³/mol. The zero-order valence-corrected chi connectivity index (χ0v) is 7.88. The van der Waals surface area contributed by atoms with Crippen LogP contribution in [0.3, 0.4) is 0 Å². The summed E-state index contributed by atoms with van der Waals surface area (Å²) in [6, 6.07) is 0. The number of alkyl halides is 3. The van der Waals surface area contributed by atoms with E-state index in [1.165, 1.54) is 7.05 Å². The van der Waals surface area contributed by atoms with Gasteiger partial charge in [0, 0.05) is 13.5 Å². The second-order valence-corrected chi connectivity index (χ2v) is 3.05. The smallest absolute Gasteiger partial charge is 0.389 e. The van der Waals surface area contributed by atoms with Crippen LogP contribution in [0, 0.1) is 0 Å². The second-order valence-electron chi connectivity index (χ2n) is 3.05. The molecule has 4 nitrogen and oxygen atoms in total. The van der Waals surface area contributed by atoms with Gasteiger partial charge in [0.1, 0.15) is 5.56 Å². The van der Waals surface area contributed by atoms with E-state index in [9.17, 15) is 18.0 Å². The number of aromatic nitrogens is 2. The van der Waals surface area contributed by atoms with Crippen molar-refractivity contribution >= 4 is 5.97 Å². The van der Waals surface area contributed by atoms with Gasteiger partial charge in [0.15, 0.2) is 0 Å². The Morgan fingerprint density at radius 3 is 2.67 bits per heavy atom. The number of hydrogen-bond acceptors (Lipinski definition) is 2. The third kappa shape index (κ3) is 2.97. The number of carboxylic acid groups (broad SMARTS) is 1. The molecular formula is C8H9F3N2O2. The fraction of sp³-hybridized carbons (Fsp3) is 0.500. The van der Waals surface area contributed by atoms with Gasteiger partial charge in [-0.05, 0) is 6.42 Å². The molecule has 0 aliphatic rings. The standard InChI is InChI=1S/C8H9F3N2O2/c1-13-6(2-3-8(9,10)11)5(4-12-13)7(14)15/h4H,2-3H2,1H3,(H,14,15). The highest BCUT2D eigenvalue weighted by molar-refractivity contribution is 5.88. The molecule has 1 heterocycles. The van der Waals surface area contributed by atoms with Crippen molar-refractivity contribution in [2.75, 3.05) is 0 Å². The molecule has 1 aromatic rings. The SMILES string of the molecule is Cn1ncc(C(=O)O)c1CCC(F)(F)F. The van der Waals surface area contributed by atoms with Gasteiger partial charge in [-0.15, -0.1) is 0 Å². The van der Waals surface area contributed by atoms with Crippen LogP contribution < -0.4 is 0 Å². The minimum atomic E-state index is -4.29. The number of aromatic carboxylic acids is 1. The summed E-state index contributed by atoms with van der Waals surface area (Å²) in [4.78, 5) is 10.6. The molecule has 0 saturated carbocycles. The van der Waals surface area contributed by atoms with E-state index in [0.717, 1.165) is 10.9 Å². The van der Waals surface area contributed by atoms with E-state index in [1.54, 1.807) is 0 Å². The van der Waals surface area contributed by atoms with Gasteiger partial charge in [0.05, 0.1) is 11.9 Å². The van der Waals surface area contributed by atoms with E-state index in [1.807, 2.05) is 0 Å². The third-order valence-electron chi connectivity index (χ3n) is 1.94. The van der Waals surface area contributed by atoms with Gasteiger partial charge >= 0.3 is 12.1 Å². The summed E-state index contributed by atoms with van der Waals surface area (Å²) in [5.74, 6) is -1.26. The molecule has 0 aromatic carbocycles. The van der Waals surface area contributed by atoms with Crippen molar-refractivity contribution in [2.24, 2.45) is 7.05 Å². The monoisotopic (exact) mass is 222 g/mol. The Bertz CT molecular complexity index is 370. The average molecular weight is 222 g/mol. The van der Waals surface area contributed by atoms with Gasteiger partial charge in [0.25, 0.3) is 0 Å². The molecule has 0 bridgehead atoms. The predicted octanol–water partition coefficient (Wildman–Crippen LogP) is 1.61. The second kappa shape index (κ2) is 3.92. The molecule has 1 N–H and O–H groups in total. The van der Waals surface area contributed by atoms with Gasteiger partial charge < -0.3 is 5.11 Å². The van der Waals surface area contributed by atoms with E-state index >= 15 is 0 Å². The maximum Gasteiger partial charge on any atom is 0.389 e. The van der Waals surface area contributed by atoms with Crippen molar-refractivity contribution in [3.05, 3.63) is 17.5 Å². The highest BCUT2D eigenvalue weighted by atomic mass is 19.4. The van der Waals surface area contributed by atoms with Crippen LogP contribution in [0.5, 0.6) is 0 Å². The summed E-state index contributed by atoms with van der Waals surface area (Å²) >= 11 is 0. The first-order valence-corrected chi connectivity index (χ1v) is 4.12. The Kier molecular flexibility index (Phi) is 3.01. The highest BCUT2D eigenvalue weighted by Gasteiger charge is 2.28.